The molecule has 0 radical (unpaired) electrons. The van der Waals surface area contributed by atoms with Crippen LogP contribution in [0.4, 0.5) is 0 Å². The van der Waals surface area contributed by atoms with Gasteiger partial charge in [0, 0.05) is 6.92 Å². The van der Waals surface area contributed by atoms with Crippen LogP contribution < -0.4 is 10.1 Å². The molecule has 1 aliphatic carbocycles. The first-order chi connectivity index (χ1) is 11.0. The molecule has 8 heteroatoms. The van der Waals surface area contributed by atoms with Crippen LogP contribution in [0, 0.1) is 10.1 Å². The predicted octanol–water partition coefficient (Wildman–Crippen LogP) is 1.86. The maximum Gasteiger partial charge on any atom is 0.308 e. The van der Waals surface area contributed by atoms with Crippen LogP contribution in [0.25, 0.3) is 0 Å². The molecular weight excluding hydrogens is 304 g/mol. The minimum Gasteiger partial charge on any atom is -0.426 e. The number of benzene rings is 1. The van der Waals surface area contributed by atoms with Gasteiger partial charge in [-0.15, -0.1) is 10.1 Å². The molecule has 0 aliphatic heterocycles. The summed E-state index contributed by atoms with van der Waals surface area (Å²) >= 11 is 0. The normalized spacial score (nSPS) is 20.4. The number of hydrogen-bond donors (Lipinski definition) is 1. The maximum atomic E-state index is 12.4. The number of esters is 1. The Morgan fingerprint density at radius 1 is 1.26 bits per heavy atom. The van der Waals surface area contributed by atoms with Crippen molar-refractivity contribution in [2.75, 3.05) is 0 Å². The second-order valence-corrected chi connectivity index (χ2v) is 5.32. The summed E-state index contributed by atoms with van der Waals surface area (Å²) in [6, 6.07) is 5.89. The third-order valence-corrected chi connectivity index (χ3v) is 3.63. The largest absolute Gasteiger partial charge is 0.426 e. The number of amides is 1. The van der Waals surface area contributed by atoms with E-state index >= 15 is 0 Å². The fourth-order valence-corrected chi connectivity index (χ4v) is 2.64. The van der Waals surface area contributed by atoms with Crippen molar-refractivity contribution in [3.63, 3.8) is 0 Å². The smallest absolute Gasteiger partial charge is 0.308 e. The summed E-state index contributed by atoms with van der Waals surface area (Å²) in [6.07, 6.45) is 2.11. The van der Waals surface area contributed by atoms with E-state index < -0.39 is 29.1 Å². The highest BCUT2D eigenvalue weighted by Crippen LogP contribution is 2.23. The Morgan fingerprint density at radius 2 is 1.96 bits per heavy atom. The summed E-state index contributed by atoms with van der Waals surface area (Å²) in [4.78, 5) is 38.7. The Labute approximate surface area is 132 Å². The second-order valence-electron chi connectivity index (χ2n) is 5.32. The summed E-state index contributed by atoms with van der Waals surface area (Å²) in [6.45, 7) is 1.25. The van der Waals surface area contributed by atoms with Crippen LogP contribution in [0.2, 0.25) is 0 Å². The maximum absolute atomic E-state index is 12.4. The molecule has 1 aliphatic rings. The molecule has 1 aromatic carbocycles. The number of carbonyl (C=O) groups is 2. The first kappa shape index (κ1) is 16.7. The highest BCUT2D eigenvalue weighted by Gasteiger charge is 2.30. The monoisotopic (exact) mass is 322 g/mol. The zero-order valence-corrected chi connectivity index (χ0v) is 12.7. The van der Waals surface area contributed by atoms with Gasteiger partial charge in [-0.05, 0) is 25.0 Å². The number of nitrogens with one attached hydrogen (secondary N) is 1. The van der Waals surface area contributed by atoms with Gasteiger partial charge in [0.15, 0.2) is 0 Å². The Hall–Kier alpha value is -2.64. The van der Waals surface area contributed by atoms with Gasteiger partial charge in [0.05, 0.1) is 11.6 Å². The zero-order chi connectivity index (χ0) is 16.8. The number of rotatable bonds is 5. The van der Waals surface area contributed by atoms with Crippen molar-refractivity contribution < 1.29 is 24.3 Å². The van der Waals surface area contributed by atoms with E-state index in [2.05, 4.69) is 10.2 Å². The standard InChI is InChI=1S/C15H18N2O6/c1-10(18)22-13-8-4-2-6-11(13)15(19)16-12-7-3-5-9-14(12)23-17(20)21/h2,4,6,8,12,14H,3,5,7,9H2,1H3,(H,16,19). The lowest BCUT2D eigenvalue weighted by Gasteiger charge is -2.30. The van der Waals surface area contributed by atoms with E-state index in [0.717, 1.165) is 12.8 Å². The summed E-state index contributed by atoms with van der Waals surface area (Å²) in [5.74, 6) is -0.830. The van der Waals surface area contributed by atoms with Gasteiger partial charge in [-0.2, -0.15) is 0 Å². The van der Waals surface area contributed by atoms with Crippen molar-refractivity contribution in [3.8, 4) is 5.75 Å². The Morgan fingerprint density at radius 3 is 2.65 bits per heavy atom. The number of hydrogen-bond acceptors (Lipinski definition) is 6. The molecule has 0 heterocycles. The molecule has 0 aromatic heterocycles. The molecule has 1 fully saturated rings. The lowest BCUT2D eigenvalue weighted by atomic mass is 9.92. The van der Waals surface area contributed by atoms with Crippen LogP contribution in [0.1, 0.15) is 43.0 Å². The third-order valence-electron chi connectivity index (χ3n) is 3.63. The molecule has 2 atom stereocenters. The van der Waals surface area contributed by atoms with Gasteiger partial charge in [-0.1, -0.05) is 25.0 Å². The van der Waals surface area contributed by atoms with Crippen LogP contribution in [-0.2, 0) is 9.63 Å². The van der Waals surface area contributed by atoms with Gasteiger partial charge in [-0.25, -0.2) is 0 Å². The molecule has 0 saturated heterocycles. The second kappa shape index (κ2) is 7.57. The number of para-hydroxylation sites is 1. The molecule has 8 nitrogen and oxygen atoms in total. The third kappa shape index (κ3) is 4.67. The van der Waals surface area contributed by atoms with Crippen LogP contribution in [0.15, 0.2) is 24.3 Å². The Balaban J connectivity index is 2.11. The summed E-state index contributed by atoms with van der Waals surface area (Å²) < 4.78 is 5.01. The van der Waals surface area contributed by atoms with Gasteiger partial charge in [0.2, 0.25) is 0 Å². The Kier molecular flexibility index (Phi) is 5.51. The van der Waals surface area contributed by atoms with Crippen molar-refractivity contribution in [3.05, 3.63) is 39.9 Å². The molecule has 1 saturated carbocycles. The molecule has 23 heavy (non-hydrogen) atoms. The van der Waals surface area contributed by atoms with Gasteiger partial charge in [-0.3, -0.25) is 9.59 Å². The molecule has 0 bridgehead atoms. The van der Waals surface area contributed by atoms with E-state index in [-0.39, 0.29) is 11.3 Å². The molecule has 1 aromatic rings. The van der Waals surface area contributed by atoms with E-state index in [1.165, 1.54) is 19.1 Å². The van der Waals surface area contributed by atoms with Gasteiger partial charge in [0.25, 0.3) is 11.0 Å². The fourth-order valence-electron chi connectivity index (χ4n) is 2.64. The van der Waals surface area contributed by atoms with Gasteiger partial charge >= 0.3 is 5.97 Å². The topological polar surface area (TPSA) is 108 Å². The van der Waals surface area contributed by atoms with Gasteiger partial charge in [0.1, 0.15) is 11.9 Å². The molecular formula is C15H18N2O6. The van der Waals surface area contributed by atoms with Crippen molar-refractivity contribution in [1.29, 1.82) is 0 Å². The molecule has 1 N–H and O–H groups in total. The quantitative estimate of drug-likeness (QED) is 0.384. The van der Waals surface area contributed by atoms with Crippen LogP contribution in [-0.4, -0.2) is 29.1 Å². The minimum atomic E-state index is -0.831. The van der Waals surface area contributed by atoms with Crippen molar-refractivity contribution >= 4 is 11.9 Å². The SMILES string of the molecule is CC(=O)Oc1ccccc1C(=O)NC1CCCCC1O[N+](=O)[O-]. The summed E-state index contributed by atoms with van der Waals surface area (Å²) in [5.41, 5.74) is 0.202. The van der Waals surface area contributed by atoms with Crippen LogP contribution in [0.3, 0.4) is 0 Å². The predicted molar refractivity (Wildman–Crippen MR) is 79.3 cm³/mol. The number of nitrogens with zero attached hydrogens (tertiary/aromatic N) is 1. The number of carbonyl (C=O) groups excluding carboxylic acids is 2. The van der Waals surface area contributed by atoms with E-state index in [1.54, 1.807) is 12.1 Å². The van der Waals surface area contributed by atoms with Crippen molar-refractivity contribution in [2.45, 2.75) is 44.8 Å². The average Bonchev–Trinajstić information content (AvgIpc) is 2.48. The highest BCUT2D eigenvalue weighted by atomic mass is 17.0. The van der Waals surface area contributed by atoms with E-state index in [9.17, 15) is 19.7 Å². The fraction of sp³-hybridized carbons (Fsp3) is 0.467. The lowest BCUT2D eigenvalue weighted by molar-refractivity contribution is -0.769. The van der Waals surface area contributed by atoms with E-state index in [0.29, 0.717) is 12.8 Å². The van der Waals surface area contributed by atoms with Gasteiger partial charge < -0.3 is 14.9 Å². The minimum absolute atomic E-state index is 0.153. The lowest BCUT2D eigenvalue weighted by Crippen LogP contribution is -2.47. The molecule has 2 unspecified atom stereocenters. The Bertz CT molecular complexity index is 603. The molecule has 2 rings (SSSR count). The van der Waals surface area contributed by atoms with E-state index in [4.69, 9.17) is 4.74 Å². The summed E-state index contributed by atoms with van der Waals surface area (Å²) in [5, 5.41) is 12.5. The first-order valence-electron chi connectivity index (χ1n) is 7.37. The van der Waals surface area contributed by atoms with Crippen molar-refractivity contribution in [2.24, 2.45) is 0 Å². The zero-order valence-electron chi connectivity index (χ0n) is 12.7. The van der Waals surface area contributed by atoms with Crippen LogP contribution in [0.5, 0.6) is 5.75 Å². The molecule has 0 spiro atoms. The van der Waals surface area contributed by atoms with Crippen LogP contribution >= 0.6 is 0 Å². The molecule has 124 valence electrons. The number of ether oxygens (including phenoxy) is 1. The summed E-state index contributed by atoms with van der Waals surface area (Å²) in [7, 11) is 0. The van der Waals surface area contributed by atoms with Crippen molar-refractivity contribution in [1.82, 2.24) is 5.32 Å². The molecule has 1 amide bonds. The average molecular weight is 322 g/mol. The highest BCUT2D eigenvalue weighted by molar-refractivity contribution is 5.97. The van der Waals surface area contributed by atoms with E-state index in [1.807, 2.05) is 0 Å². The first-order valence-corrected chi connectivity index (χ1v) is 7.37.